The summed E-state index contributed by atoms with van der Waals surface area (Å²) in [6.45, 7) is 4.66. The molecule has 0 heterocycles. The molecule has 1 fully saturated rings. The summed E-state index contributed by atoms with van der Waals surface area (Å²) in [5.74, 6) is -0.948. The molecule has 148 valence electrons. The van der Waals surface area contributed by atoms with E-state index in [1.165, 1.54) is 0 Å². The fourth-order valence-electron chi connectivity index (χ4n) is 3.49. The maximum atomic E-state index is 12.4. The molecule has 6 heteroatoms. The Morgan fingerprint density at radius 2 is 1.63 bits per heavy atom. The van der Waals surface area contributed by atoms with Crippen molar-refractivity contribution in [3.63, 3.8) is 0 Å². The largest absolute Gasteiger partial charge is 0.481 e. The average molecular weight is 374 g/mol. The zero-order valence-electron chi connectivity index (χ0n) is 16.2. The molecule has 1 aromatic rings. The molecule has 2 amide bonds. The van der Waals surface area contributed by atoms with Crippen LogP contribution in [0.4, 0.5) is 5.69 Å². The lowest BCUT2D eigenvalue weighted by atomic mass is 9.77. The predicted molar refractivity (Wildman–Crippen MR) is 105 cm³/mol. The van der Waals surface area contributed by atoms with Crippen molar-refractivity contribution >= 4 is 23.5 Å². The van der Waals surface area contributed by atoms with Gasteiger partial charge in [-0.1, -0.05) is 39.5 Å². The molecular weight excluding hydrogens is 344 g/mol. The smallest absolute Gasteiger partial charge is 0.310 e. The van der Waals surface area contributed by atoms with Gasteiger partial charge in [0.05, 0.1) is 5.41 Å². The van der Waals surface area contributed by atoms with Gasteiger partial charge in [0.1, 0.15) is 0 Å². The minimum Gasteiger partial charge on any atom is -0.481 e. The molecular formula is C21H30N2O4. The summed E-state index contributed by atoms with van der Waals surface area (Å²) >= 11 is 0. The Balaban J connectivity index is 1.96. The van der Waals surface area contributed by atoms with Crippen LogP contribution in [0.2, 0.25) is 0 Å². The fourth-order valence-corrected chi connectivity index (χ4v) is 3.49. The Kier molecular flexibility index (Phi) is 7.39. The zero-order chi connectivity index (χ0) is 19.9. The molecule has 0 aromatic heterocycles. The number of hydrogen-bond donors (Lipinski definition) is 3. The van der Waals surface area contributed by atoms with Crippen molar-refractivity contribution < 1.29 is 19.5 Å². The normalized spacial score (nSPS) is 16.4. The van der Waals surface area contributed by atoms with Gasteiger partial charge in [-0.05, 0) is 43.0 Å². The molecule has 1 aliphatic rings. The van der Waals surface area contributed by atoms with Crippen molar-refractivity contribution in [1.82, 2.24) is 5.32 Å². The zero-order valence-corrected chi connectivity index (χ0v) is 16.2. The summed E-state index contributed by atoms with van der Waals surface area (Å²) in [4.78, 5) is 36.3. The third-order valence-corrected chi connectivity index (χ3v) is 5.11. The van der Waals surface area contributed by atoms with E-state index in [2.05, 4.69) is 10.6 Å². The molecule has 1 aromatic carbocycles. The van der Waals surface area contributed by atoms with Gasteiger partial charge < -0.3 is 15.7 Å². The van der Waals surface area contributed by atoms with Gasteiger partial charge in [0.2, 0.25) is 5.91 Å². The number of carbonyl (C=O) groups excluding carboxylic acids is 2. The van der Waals surface area contributed by atoms with E-state index in [4.69, 9.17) is 0 Å². The van der Waals surface area contributed by atoms with E-state index in [0.717, 1.165) is 25.7 Å². The Hall–Kier alpha value is -2.37. The monoisotopic (exact) mass is 374 g/mol. The van der Waals surface area contributed by atoms with E-state index in [-0.39, 0.29) is 18.2 Å². The molecule has 27 heavy (non-hydrogen) atoms. The highest BCUT2D eigenvalue weighted by molar-refractivity contribution is 5.96. The highest BCUT2D eigenvalue weighted by atomic mass is 16.4. The van der Waals surface area contributed by atoms with Crippen molar-refractivity contribution in [2.45, 2.75) is 58.8 Å². The number of carboxylic acid groups (broad SMARTS) is 1. The van der Waals surface area contributed by atoms with Crippen LogP contribution in [0.5, 0.6) is 0 Å². The third-order valence-electron chi connectivity index (χ3n) is 5.11. The lowest BCUT2D eigenvalue weighted by Crippen LogP contribution is -2.35. The highest BCUT2D eigenvalue weighted by Crippen LogP contribution is 2.38. The fraction of sp³-hybridized carbons (Fsp3) is 0.571. The van der Waals surface area contributed by atoms with Crippen molar-refractivity contribution in [3.05, 3.63) is 29.8 Å². The Morgan fingerprint density at radius 1 is 1.04 bits per heavy atom. The summed E-state index contributed by atoms with van der Waals surface area (Å²) in [6.07, 6.45) is 4.82. The number of rotatable bonds is 7. The van der Waals surface area contributed by atoms with Crippen LogP contribution in [0.3, 0.4) is 0 Å². The second-order valence-electron chi connectivity index (χ2n) is 7.91. The first-order valence-corrected chi connectivity index (χ1v) is 9.74. The van der Waals surface area contributed by atoms with Gasteiger partial charge >= 0.3 is 5.97 Å². The second kappa shape index (κ2) is 9.53. The number of anilines is 1. The maximum absolute atomic E-state index is 12.4. The first kappa shape index (κ1) is 20.9. The van der Waals surface area contributed by atoms with Crippen molar-refractivity contribution in [2.24, 2.45) is 11.3 Å². The van der Waals surface area contributed by atoms with E-state index in [0.29, 0.717) is 36.6 Å². The molecule has 6 nitrogen and oxygen atoms in total. The van der Waals surface area contributed by atoms with Gasteiger partial charge in [0.25, 0.3) is 5.91 Å². The maximum Gasteiger partial charge on any atom is 0.310 e. The van der Waals surface area contributed by atoms with Crippen LogP contribution in [-0.4, -0.2) is 29.4 Å². The van der Waals surface area contributed by atoms with E-state index in [1.807, 2.05) is 13.8 Å². The SMILES string of the molecule is CC(C)CNC(=O)c1ccc(NC(=O)CC2(C(=O)O)CCCCCC2)cc1. The van der Waals surface area contributed by atoms with Crippen LogP contribution < -0.4 is 10.6 Å². The first-order chi connectivity index (χ1) is 12.8. The first-order valence-electron chi connectivity index (χ1n) is 9.74. The van der Waals surface area contributed by atoms with Gasteiger partial charge in [-0.25, -0.2) is 0 Å². The van der Waals surface area contributed by atoms with Gasteiger partial charge in [0, 0.05) is 24.2 Å². The Labute approximate surface area is 160 Å². The third kappa shape index (κ3) is 6.08. The number of benzene rings is 1. The summed E-state index contributed by atoms with van der Waals surface area (Å²) in [7, 11) is 0. The molecule has 1 aliphatic carbocycles. The number of amides is 2. The average Bonchev–Trinajstić information content (AvgIpc) is 2.86. The van der Waals surface area contributed by atoms with Gasteiger partial charge in [0.15, 0.2) is 0 Å². The Morgan fingerprint density at radius 3 is 2.15 bits per heavy atom. The Bertz CT molecular complexity index is 659. The van der Waals surface area contributed by atoms with Crippen LogP contribution in [0.15, 0.2) is 24.3 Å². The van der Waals surface area contributed by atoms with Crippen LogP contribution in [0.1, 0.15) is 69.2 Å². The number of carbonyl (C=O) groups is 3. The number of nitrogens with one attached hydrogen (secondary N) is 2. The molecule has 0 bridgehead atoms. The lowest BCUT2D eigenvalue weighted by molar-refractivity contribution is -0.152. The van der Waals surface area contributed by atoms with Crippen LogP contribution in [0, 0.1) is 11.3 Å². The molecule has 0 unspecified atom stereocenters. The molecule has 2 rings (SSSR count). The molecule has 0 spiro atoms. The van der Waals surface area contributed by atoms with Crippen molar-refractivity contribution in [2.75, 3.05) is 11.9 Å². The van der Waals surface area contributed by atoms with Crippen LogP contribution in [0.25, 0.3) is 0 Å². The van der Waals surface area contributed by atoms with Gasteiger partial charge in [-0.3, -0.25) is 14.4 Å². The molecule has 0 atom stereocenters. The number of carboxylic acids is 1. The van der Waals surface area contributed by atoms with E-state index in [9.17, 15) is 19.5 Å². The molecule has 0 saturated heterocycles. The van der Waals surface area contributed by atoms with Crippen molar-refractivity contribution in [3.8, 4) is 0 Å². The van der Waals surface area contributed by atoms with Crippen LogP contribution >= 0.6 is 0 Å². The minimum absolute atomic E-state index is 0.0149. The standard InChI is InChI=1S/C21H30N2O4/c1-15(2)14-22-19(25)16-7-9-17(10-8-16)23-18(24)13-21(20(26)27)11-5-3-4-6-12-21/h7-10,15H,3-6,11-14H2,1-2H3,(H,22,25)(H,23,24)(H,26,27). The lowest BCUT2D eigenvalue weighted by Gasteiger charge is -2.27. The second-order valence-corrected chi connectivity index (χ2v) is 7.91. The van der Waals surface area contributed by atoms with E-state index >= 15 is 0 Å². The summed E-state index contributed by atoms with van der Waals surface area (Å²) in [5, 5.41) is 15.3. The summed E-state index contributed by atoms with van der Waals surface area (Å²) in [6, 6.07) is 6.65. The topological polar surface area (TPSA) is 95.5 Å². The molecule has 3 N–H and O–H groups in total. The molecule has 0 radical (unpaired) electrons. The molecule has 0 aliphatic heterocycles. The van der Waals surface area contributed by atoms with Crippen molar-refractivity contribution in [1.29, 1.82) is 0 Å². The minimum atomic E-state index is -0.961. The highest BCUT2D eigenvalue weighted by Gasteiger charge is 2.40. The van der Waals surface area contributed by atoms with Gasteiger partial charge in [-0.2, -0.15) is 0 Å². The number of aliphatic carboxylic acids is 1. The molecule has 1 saturated carbocycles. The predicted octanol–water partition coefficient (Wildman–Crippen LogP) is 3.83. The summed E-state index contributed by atoms with van der Waals surface area (Å²) in [5.41, 5.74) is 0.131. The van der Waals surface area contributed by atoms with E-state index in [1.54, 1.807) is 24.3 Å². The summed E-state index contributed by atoms with van der Waals surface area (Å²) < 4.78 is 0. The van der Waals surface area contributed by atoms with E-state index < -0.39 is 11.4 Å². The van der Waals surface area contributed by atoms with Crippen LogP contribution in [-0.2, 0) is 9.59 Å². The number of hydrogen-bond acceptors (Lipinski definition) is 3. The quantitative estimate of drug-likeness (QED) is 0.632. The van der Waals surface area contributed by atoms with Gasteiger partial charge in [-0.15, -0.1) is 0 Å².